The van der Waals surface area contributed by atoms with Crippen LogP contribution in [-0.2, 0) is 25.4 Å². The molecule has 0 fully saturated rings. The molecule has 8 nitrogen and oxygen atoms in total. The van der Waals surface area contributed by atoms with E-state index in [2.05, 4.69) is 10.1 Å². The van der Waals surface area contributed by atoms with E-state index in [0.717, 1.165) is 30.5 Å². The predicted molar refractivity (Wildman–Crippen MR) is 147 cm³/mol. The molecule has 0 spiro atoms. The Morgan fingerprint density at radius 1 is 1.02 bits per heavy atom. The molecule has 6 rings (SSSR count). The van der Waals surface area contributed by atoms with Crippen molar-refractivity contribution in [3.63, 3.8) is 0 Å². The van der Waals surface area contributed by atoms with Gasteiger partial charge < -0.3 is 14.7 Å². The second kappa shape index (κ2) is 10.6. The number of hydrogen-bond donors (Lipinski definition) is 1. The highest BCUT2D eigenvalue weighted by Crippen LogP contribution is 2.42. The summed E-state index contributed by atoms with van der Waals surface area (Å²) in [5.41, 5.74) is 2.78. The van der Waals surface area contributed by atoms with Crippen molar-refractivity contribution in [1.29, 1.82) is 0 Å². The van der Waals surface area contributed by atoms with Gasteiger partial charge in [0.05, 0.1) is 28.8 Å². The van der Waals surface area contributed by atoms with Crippen molar-refractivity contribution in [2.24, 2.45) is 0 Å². The Hall–Kier alpha value is -4.67. The van der Waals surface area contributed by atoms with E-state index in [0.29, 0.717) is 30.0 Å². The summed E-state index contributed by atoms with van der Waals surface area (Å²) in [4.78, 5) is 30.7. The van der Waals surface area contributed by atoms with Crippen LogP contribution in [0.15, 0.2) is 60.8 Å². The molecule has 2 aliphatic carbocycles. The number of pyridine rings is 1. The fraction of sp³-hybridized carbons (Fsp3) is 0.290. The molecular weight excluding hydrogens is 549 g/mol. The van der Waals surface area contributed by atoms with E-state index in [1.54, 1.807) is 31.4 Å². The van der Waals surface area contributed by atoms with E-state index in [1.807, 2.05) is 6.07 Å². The van der Waals surface area contributed by atoms with Crippen molar-refractivity contribution < 1.29 is 32.6 Å². The summed E-state index contributed by atoms with van der Waals surface area (Å²) in [6, 6.07) is 14.0. The molecule has 0 saturated heterocycles. The highest BCUT2D eigenvalue weighted by atomic mass is 19.4. The second-order valence-corrected chi connectivity index (χ2v) is 10.5. The number of amides is 1. The van der Waals surface area contributed by atoms with Crippen LogP contribution in [0.3, 0.4) is 0 Å². The predicted octanol–water partition coefficient (Wildman–Crippen LogP) is 6.21. The van der Waals surface area contributed by atoms with Crippen LogP contribution >= 0.6 is 0 Å². The number of halogens is 3. The Kier molecular flexibility index (Phi) is 6.96. The summed E-state index contributed by atoms with van der Waals surface area (Å²) in [5, 5.41) is 13.2. The molecule has 216 valence electrons. The molecule has 1 unspecified atom stereocenters. The highest BCUT2D eigenvalue weighted by molar-refractivity contribution is 6.06. The number of carbonyl (C=O) groups is 2. The van der Waals surface area contributed by atoms with Gasteiger partial charge in [0.2, 0.25) is 0 Å². The van der Waals surface area contributed by atoms with Gasteiger partial charge >= 0.3 is 12.1 Å². The Balaban J connectivity index is 1.36. The molecule has 0 bridgehead atoms. The summed E-state index contributed by atoms with van der Waals surface area (Å²) in [5.74, 6) is -1.10. The summed E-state index contributed by atoms with van der Waals surface area (Å²) in [6.07, 6.45) is 0.125. The number of aryl methyl sites for hydroxylation is 2. The fourth-order valence-electron chi connectivity index (χ4n) is 5.70. The number of carboxylic acids is 1. The van der Waals surface area contributed by atoms with Crippen molar-refractivity contribution in [3.05, 3.63) is 100 Å². The van der Waals surface area contributed by atoms with E-state index < -0.39 is 23.9 Å². The number of aromatic nitrogens is 3. The van der Waals surface area contributed by atoms with Crippen LogP contribution < -0.4 is 9.64 Å². The number of fused-ring (bicyclic) bond motifs is 2. The standard InChI is InChI=1S/C31H27F3N4O4/c1-37(22-15-19-5-3-9-25(19)35-17-22)29(39)20-6-2-7-21(16-20)38-27-24(28(36-38)31(32,33)34)8-4-10-26(27)42-23-13-11-18(12-14-23)30(40)41/h2,6-7,11-17,26H,3-5,8-10H2,1H3,(H,40,41). The molecule has 0 saturated carbocycles. The maximum Gasteiger partial charge on any atom is 0.435 e. The number of ether oxygens (including phenoxy) is 1. The van der Waals surface area contributed by atoms with Gasteiger partial charge in [0.25, 0.3) is 5.91 Å². The molecule has 0 aliphatic heterocycles. The van der Waals surface area contributed by atoms with Crippen molar-refractivity contribution >= 4 is 17.6 Å². The van der Waals surface area contributed by atoms with E-state index in [4.69, 9.17) is 4.74 Å². The van der Waals surface area contributed by atoms with Gasteiger partial charge in [-0.15, -0.1) is 0 Å². The molecule has 2 heterocycles. The third-order valence-corrected chi connectivity index (χ3v) is 7.80. The number of carbonyl (C=O) groups excluding carboxylic acids is 1. The van der Waals surface area contributed by atoms with Crippen LogP contribution in [0.25, 0.3) is 5.69 Å². The minimum atomic E-state index is -4.69. The molecule has 42 heavy (non-hydrogen) atoms. The lowest BCUT2D eigenvalue weighted by Gasteiger charge is -2.26. The lowest BCUT2D eigenvalue weighted by molar-refractivity contribution is -0.142. The van der Waals surface area contributed by atoms with Gasteiger partial charge in [0, 0.05) is 23.9 Å². The summed E-state index contributed by atoms with van der Waals surface area (Å²) >= 11 is 0. The minimum Gasteiger partial charge on any atom is -0.484 e. The number of hydrogen-bond acceptors (Lipinski definition) is 5. The molecule has 2 aromatic carbocycles. The zero-order valence-corrected chi connectivity index (χ0v) is 22.7. The van der Waals surface area contributed by atoms with Crippen LogP contribution in [0.1, 0.15) is 74.3 Å². The number of carboxylic acid groups (broad SMARTS) is 1. The van der Waals surface area contributed by atoms with Gasteiger partial charge in [0.1, 0.15) is 11.9 Å². The van der Waals surface area contributed by atoms with Crippen molar-refractivity contribution in [2.45, 2.75) is 50.8 Å². The topological polar surface area (TPSA) is 97.6 Å². The molecule has 2 aromatic heterocycles. The molecular formula is C31H27F3N4O4. The maximum absolute atomic E-state index is 14.1. The van der Waals surface area contributed by atoms with Gasteiger partial charge in [-0.3, -0.25) is 9.78 Å². The van der Waals surface area contributed by atoms with Crippen LogP contribution in [0.2, 0.25) is 0 Å². The molecule has 0 radical (unpaired) electrons. The summed E-state index contributed by atoms with van der Waals surface area (Å²) < 4.78 is 49.7. The number of alkyl halides is 3. The quantitative estimate of drug-likeness (QED) is 0.293. The number of nitrogens with zero attached hydrogens (tertiary/aromatic N) is 4. The Labute approximate surface area is 239 Å². The minimum absolute atomic E-state index is 0.0546. The first-order valence-electron chi connectivity index (χ1n) is 13.7. The Morgan fingerprint density at radius 2 is 1.81 bits per heavy atom. The van der Waals surface area contributed by atoms with Gasteiger partial charge in [-0.05, 0) is 92.6 Å². The molecule has 2 aliphatic rings. The Bertz CT molecular complexity index is 1680. The van der Waals surface area contributed by atoms with Crippen molar-refractivity contribution in [1.82, 2.24) is 14.8 Å². The molecule has 1 atom stereocenters. The summed E-state index contributed by atoms with van der Waals surface area (Å²) in [7, 11) is 1.64. The van der Waals surface area contributed by atoms with E-state index in [1.165, 1.54) is 39.9 Å². The summed E-state index contributed by atoms with van der Waals surface area (Å²) in [6.45, 7) is 0. The smallest absolute Gasteiger partial charge is 0.435 e. The van der Waals surface area contributed by atoms with Gasteiger partial charge in [-0.1, -0.05) is 6.07 Å². The van der Waals surface area contributed by atoms with E-state index in [9.17, 15) is 27.9 Å². The first kappa shape index (κ1) is 27.5. The van der Waals surface area contributed by atoms with E-state index in [-0.39, 0.29) is 34.7 Å². The number of benzene rings is 2. The average molecular weight is 577 g/mol. The molecule has 1 N–H and O–H groups in total. The van der Waals surface area contributed by atoms with Crippen LogP contribution in [0.5, 0.6) is 5.75 Å². The molecule has 11 heteroatoms. The first-order valence-corrected chi connectivity index (χ1v) is 13.7. The lowest BCUT2D eigenvalue weighted by Crippen LogP contribution is -2.26. The Morgan fingerprint density at radius 3 is 2.55 bits per heavy atom. The average Bonchev–Trinajstić information content (AvgIpc) is 3.62. The molecule has 1 amide bonds. The molecule has 4 aromatic rings. The van der Waals surface area contributed by atoms with Crippen LogP contribution in [-0.4, -0.2) is 38.8 Å². The third kappa shape index (κ3) is 5.10. The highest BCUT2D eigenvalue weighted by Gasteiger charge is 2.42. The first-order chi connectivity index (χ1) is 20.1. The van der Waals surface area contributed by atoms with Gasteiger partial charge in [-0.2, -0.15) is 18.3 Å². The maximum atomic E-state index is 14.1. The normalized spacial score (nSPS) is 16.0. The fourth-order valence-corrected chi connectivity index (χ4v) is 5.70. The zero-order chi connectivity index (χ0) is 29.6. The van der Waals surface area contributed by atoms with Gasteiger partial charge in [0.15, 0.2) is 5.69 Å². The van der Waals surface area contributed by atoms with Crippen molar-refractivity contribution in [3.8, 4) is 11.4 Å². The monoisotopic (exact) mass is 576 g/mol. The second-order valence-electron chi connectivity index (χ2n) is 10.5. The third-order valence-electron chi connectivity index (χ3n) is 7.80. The zero-order valence-electron chi connectivity index (χ0n) is 22.7. The number of rotatable bonds is 6. The number of aromatic carboxylic acids is 1. The van der Waals surface area contributed by atoms with Crippen molar-refractivity contribution in [2.75, 3.05) is 11.9 Å². The van der Waals surface area contributed by atoms with Gasteiger partial charge in [-0.25, -0.2) is 9.48 Å². The van der Waals surface area contributed by atoms with Crippen LogP contribution in [0, 0.1) is 0 Å². The lowest BCUT2D eigenvalue weighted by atomic mass is 9.92. The van der Waals surface area contributed by atoms with Crippen LogP contribution in [0.4, 0.5) is 18.9 Å². The SMILES string of the molecule is CN(C(=O)c1cccc(-n2nc(C(F)(F)F)c3c2C(Oc2ccc(C(=O)O)cc2)CCC3)c1)c1cnc2c(c1)CCC2. The largest absolute Gasteiger partial charge is 0.484 e. The number of anilines is 1. The van der Waals surface area contributed by atoms with E-state index >= 15 is 0 Å².